The van der Waals surface area contributed by atoms with Crippen molar-refractivity contribution in [1.29, 1.82) is 5.26 Å². The van der Waals surface area contributed by atoms with Crippen LogP contribution in [-0.4, -0.2) is 51.5 Å². The van der Waals surface area contributed by atoms with Gasteiger partial charge in [-0.3, -0.25) is 9.48 Å². The number of carbonyl (C=O) groups excluding carboxylic acids is 1. The van der Waals surface area contributed by atoms with Crippen LogP contribution in [0.5, 0.6) is 0 Å². The molecular weight excluding hydrogens is 430 g/mol. The van der Waals surface area contributed by atoms with Crippen LogP contribution in [0.3, 0.4) is 0 Å². The van der Waals surface area contributed by atoms with E-state index in [-0.39, 0.29) is 36.9 Å². The third kappa shape index (κ3) is 3.67. The van der Waals surface area contributed by atoms with E-state index in [2.05, 4.69) is 26.4 Å². The van der Waals surface area contributed by atoms with Crippen LogP contribution in [-0.2, 0) is 11.8 Å². The van der Waals surface area contributed by atoms with Gasteiger partial charge in [-0.05, 0) is 44.1 Å². The largest absolute Gasteiger partial charge is 0.394 e. The monoisotopic (exact) mass is 457 g/mol. The van der Waals surface area contributed by atoms with Crippen LogP contribution in [0.2, 0.25) is 0 Å². The molecule has 0 unspecified atom stereocenters. The van der Waals surface area contributed by atoms with Crippen molar-refractivity contribution < 1.29 is 9.90 Å². The highest BCUT2D eigenvalue weighted by Gasteiger charge is 2.56. The number of aliphatic hydroxyl groups excluding tert-OH is 1. The molecule has 2 aromatic heterocycles. The fourth-order valence-electron chi connectivity index (χ4n) is 5.03. The summed E-state index contributed by atoms with van der Waals surface area (Å²) >= 11 is 0. The molecular formula is C22H28ClN7O2. The van der Waals surface area contributed by atoms with Crippen LogP contribution in [0.4, 0.5) is 23.1 Å². The van der Waals surface area contributed by atoms with Gasteiger partial charge in [0.25, 0.3) is 0 Å². The Balaban J connectivity index is 0.00000245. The van der Waals surface area contributed by atoms with Gasteiger partial charge in [0, 0.05) is 44.2 Å². The number of hydrogen-bond acceptors (Lipinski definition) is 7. The summed E-state index contributed by atoms with van der Waals surface area (Å²) in [5.41, 5.74) is -0.109. The predicted molar refractivity (Wildman–Crippen MR) is 123 cm³/mol. The summed E-state index contributed by atoms with van der Waals surface area (Å²) in [4.78, 5) is 21.4. The van der Waals surface area contributed by atoms with E-state index in [1.807, 2.05) is 25.2 Å². The fourth-order valence-corrected chi connectivity index (χ4v) is 5.03. The van der Waals surface area contributed by atoms with Gasteiger partial charge in [-0.25, -0.2) is 4.98 Å². The number of nitrogens with one attached hydrogen (secondary N) is 1. The highest BCUT2D eigenvalue weighted by molar-refractivity contribution is 6.02. The summed E-state index contributed by atoms with van der Waals surface area (Å²) in [7, 11) is 1.89. The second-order valence-electron chi connectivity index (χ2n) is 8.77. The molecule has 0 bridgehead atoms. The molecule has 0 aromatic carbocycles. The molecule has 32 heavy (non-hydrogen) atoms. The number of rotatable bonds is 6. The summed E-state index contributed by atoms with van der Waals surface area (Å²) in [6.07, 6.45) is 6.21. The molecule has 2 N–H and O–H groups in total. The number of aliphatic hydroxyl groups is 1. The van der Waals surface area contributed by atoms with Crippen LogP contribution in [0.25, 0.3) is 0 Å². The first-order valence-corrected chi connectivity index (χ1v) is 10.9. The van der Waals surface area contributed by atoms with Crippen LogP contribution in [0, 0.1) is 22.7 Å². The molecule has 170 valence electrons. The Morgan fingerprint density at radius 3 is 2.81 bits per heavy atom. The number of pyridine rings is 1. The average molecular weight is 458 g/mol. The van der Waals surface area contributed by atoms with Crippen molar-refractivity contribution >= 4 is 41.5 Å². The maximum absolute atomic E-state index is 13.1. The number of carbonyl (C=O) groups is 1. The molecule has 5 rings (SSSR count). The van der Waals surface area contributed by atoms with Crippen LogP contribution in [0.15, 0.2) is 24.4 Å². The summed E-state index contributed by atoms with van der Waals surface area (Å²) in [5, 5.41) is 27.1. The normalized spacial score (nSPS) is 25.0. The van der Waals surface area contributed by atoms with Gasteiger partial charge in [0.15, 0.2) is 5.82 Å². The molecule has 4 heterocycles. The van der Waals surface area contributed by atoms with E-state index >= 15 is 0 Å². The molecule has 2 aromatic rings. The fraction of sp³-hybridized carbons (Fsp3) is 0.545. The highest BCUT2D eigenvalue weighted by Crippen LogP contribution is 2.51. The molecule has 9 nitrogen and oxygen atoms in total. The Hall–Kier alpha value is -2.83. The summed E-state index contributed by atoms with van der Waals surface area (Å²) in [5.74, 6) is 2.32. The minimum atomic E-state index is -0.855. The van der Waals surface area contributed by atoms with E-state index in [9.17, 15) is 15.2 Å². The van der Waals surface area contributed by atoms with E-state index in [0.29, 0.717) is 24.6 Å². The zero-order chi connectivity index (χ0) is 21.6. The van der Waals surface area contributed by atoms with E-state index < -0.39 is 5.41 Å². The van der Waals surface area contributed by atoms with E-state index in [1.54, 1.807) is 15.8 Å². The number of aromatic nitrogens is 3. The van der Waals surface area contributed by atoms with Crippen molar-refractivity contribution in [3.63, 3.8) is 0 Å². The summed E-state index contributed by atoms with van der Waals surface area (Å²) in [6, 6.07) is 8.05. The standard InChI is InChI=1S/C22H27N7O2.ClH/c1-27-20(28-9-2-3-17(28)13-30)12-19(26-27)25-18-11-16(6-8-24-18)29-10-7-22(14-23,21(29)31)15-4-5-15;/h6,8,11-12,15,17,30H,2-5,7,9-10,13H2,1H3,(H,24,25,26);1H/t17-,22-;/m1./s1. The Bertz CT molecular complexity index is 1050. The average Bonchev–Trinajstić information content (AvgIpc) is 3.27. The van der Waals surface area contributed by atoms with E-state index in [0.717, 1.165) is 43.7 Å². The number of anilines is 4. The molecule has 1 saturated carbocycles. The molecule has 1 amide bonds. The Morgan fingerprint density at radius 2 is 2.09 bits per heavy atom. The van der Waals surface area contributed by atoms with Crippen LogP contribution >= 0.6 is 12.4 Å². The van der Waals surface area contributed by atoms with Gasteiger partial charge in [-0.2, -0.15) is 10.4 Å². The molecule has 10 heteroatoms. The number of amides is 1. The summed E-state index contributed by atoms with van der Waals surface area (Å²) in [6.45, 7) is 1.58. The lowest BCUT2D eigenvalue weighted by Gasteiger charge is -2.24. The molecule has 0 spiro atoms. The van der Waals surface area contributed by atoms with Crippen LogP contribution in [0.1, 0.15) is 32.1 Å². The minimum Gasteiger partial charge on any atom is -0.394 e. The second-order valence-corrected chi connectivity index (χ2v) is 8.77. The van der Waals surface area contributed by atoms with E-state index in [4.69, 9.17) is 0 Å². The lowest BCUT2D eigenvalue weighted by molar-refractivity contribution is -0.123. The predicted octanol–water partition coefficient (Wildman–Crippen LogP) is 2.60. The SMILES string of the molecule is Cl.Cn1nc(Nc2cc(N3CC[C@@](C#N)(C4CC4)C3=O)ccn2)cc1N1CCC[C@@H]1CO. The van der Waals surface area contributed by atoms with E-state index in [1.165, 1.54) is 0 Å². The third-order valence-corrected chi connectivity index (χ3v) is 6.88. The smallest absolute Gasteiger partial charge is 0.247 e. The minimum absolute atomic E-state index is 0. The number of nitrogens with zero attached hydrogens (tertiary/aromatic N) is 6. The molecule has 3 fully saturated rings. The molecule has 2 aliphatic heterocycles. The second kappa shape index (κ2) is 8.60. The first-order chi connectivity index (χ1) is 15.1. The Kier molecular flexibility index (Phi) is 6.01. The van der Waals surface area contributed by atoms with Gasteiger partial charge in [0.05, 0.1) is 18.7 Å². The number of aryl methyl sites for hydroxylation is 1. The van der Waals surface area contributed by atoms with Gasteiger partial charge >= 0.3 is 0 Å². The highest BCUT2D eigenvalue weighted by atomic mass is 35.5. The number of hydrogen-bond donors (Lipinski definition) is 2. The van der Waals surface area contributed by atoms with Crippen molar-refractivity contribution in [1.82, 2.24) is 14.8 Å². The molecule has 0 radical (unpaired) electrons. The molecule has 3 aliphatic rings. The zero-order valence-corrected chi connectivity index (χ0v) is 18.9. The third-order valence-electron chi connectivity index (χ3n) is 6.88. The van der Waals surface area contributed by atoms with Gasteiger partial charge in [0.2, 0.25) is 5.91 Å². The lowest BCUT2D eigenvalue weighted by Crippen LogP contribution is -2.35. The Labute approximate surface area is 193 Å². The summed E-state index contributed by atoms with van der Waals surface area (Å²) < 4.78 is 1.81. The topological polar surface area (TPSA) is 110 Å². The molecule has 1 aliphatic carbocycles. The molecule has 2 saturated heterocycles. The maximum Gasteiger partial charge on any atom is 0.247 e. The van der Waals surface area contributed by atoms with Crippen molar-refractivity contribution in [2.24, 2.45) is 18.4 Å². The van der Waals surface area contributed by atoms with Crippen molar-refractivity contribution in [2.75, 3.05) is 34.8 Å². The maximum atomic E-state index is 13.1. The van der Waals surface area contributed by atoms with Gasteiger partial charge in [-0.1, -0.05) is 0 Å². The Morgan fingerprint density at radius 1 is 1.28 bits per heavy atom. The quantitative estimate of drug-likeness (QED) is 0.685. The van der Waals surface area contributed by atoms with Crippen LogP contribution < -0.4 is 15.1 Å². The van der Waals surface area contributed by atoms with Gasteiger partial charge < -0.3 is 20.2 Å². The molecule has 2 atom stereocenters. The number of halogens is 1. The number of nitriles is 1. The van der Waals surface area contributed by atoms with Crippen molar-refractivity contribution in [2.45, 2.75) is 38.1 Å². The first-order valence-electron chi connectivity index (χ1n) is 10.9. The first kappa shape index (κ1) is 22.4. The lowest BCUT2D eigenvalue weighted by atomic mass is 9.83. The zero-order valence-electron chi connectivity index (χ0n) is 18.1. The van der Waals surface area contributed by atoms with Crippen molar-refractivity contribution in [3.8, 4) is 6.07 Å². The van der Waals surface area contributed by atoms with Crippen molar-refractivity contribution in [3.05, 3.63) is 24.4 Å². The van der Waals surface area contributed by atoms with Gasteiger partial charge in [-0.15, -0.1) is 12.4 Å². The van der Waals surface area contributed by atoms with Gasteiger partial charge in [0.1, 0.15) is 17.1 Å².